The number of halogens is 1. The van der Waals surface area contributed by atoms with E-state index in [1.165, 1.54) is 6.07 Å². The topological polar surface area (TPSA) is 82.3 Å². The second-order valence-corrected chi connectivity index (χ2v) is 8.21. The SMILES string of the molecule is O=C(Nc1cc(F)c(-c2cn[nH]c2)cc1N1CCOCC1)[C@@H]1CNC[C@H]1c1ccccc1. The van der Waals surface area contributed by atoms with Crippen molar-refractivity contribution in [3.05, 3.63) is 66.2 Å². The summed E-state index contributed by atoms with van der Waals surface area (Å²) in [6.07, 6.45) is 3.25. The van der Waals surface area contributed by atoms with Crippen molar-refractivity contribution in [2.24, 2.45) is 5.92 Å². The highest BCUT2D eigenvalue weighted by Crippen LogP contribution is 2.36. The van der Waals surface area contributed by atoms with Gasteiger partial charge in [-0.3, -0.25) is 9.89 Å². The average molecular weight is 436 g/mol. The molecule has 8 heteroatoms. The fourth-order valence-electron chi connectivity index (χ4n) is 4.58. The van der Waals surface area contributed by atoms with E-state index in [1.54, 1.807) is 18.5 Å². The number of rotatable bonds is 5. The Labute approximate surface area is 186 Å². The fraction of sp³-hybridized carbons (Fsp3) is 0.333. The number of carbonyl (C=O) groups excluding carboxylic acids is 1. The highest BCUT2D eigenvalue weighted by atomic mass is 19.1. The van der Waals surface area contributed by atoms with E-state index in [9.17, 15) is 4.79 Å². The van der Waals surface area contributed by atoms with Crippen molar-refractivity contribution < 1.29 is 13.9 Å². The number of benzene rings is 2. The Bertz CT molecular complexity index is 1070. The van der Waals surface area contributed by atoms with E-state index in [4.69, 9.17) is 4.74 Å². The van der Waals surface area contributed by atoms with Crippen LogP contribution in [0.1, 0.15) is 11.5 Å². The fourth-order valence-corrected chi connectivity index (χ4v) is 4.58. The number of hydrogen-bond donors (Lipinski definition) is 3. The number of nitrogens with one attached hydrogen (secondary N) is 3. The molecule has 2 aliphatic heterocycles. The van der Waals surface area contributed by atoms with Gasteiger partial charge in [-0.15, -0.1) is 0 Å². The minimum absolute atomic E-state index is 0.0816. The van der Waals surface area contributed by atoms with E-state index in [1.807, 2.05) is 18.2 Å². The van der Waals surface area contributed by atoms with Gasteiger partial charge in [0.2, 0.25) is 5.91 Å². The summed E-state index contributed by atoms with van der Waals surface area (Å²) < 4.78 is 20.6. The van der Waals surface area contributed by atoms with Crippen molar-refractivity contribution in [1.82, 2.24) is 15.5 Å². The summed E-state index contributed by atoms with van der Waals surface area (Å²) in [7, 11) is 0. The van der Waals surface area contributed by atoms with Crippen LogP contribution in [0.25, 0.3) is 11.1 Å². The Kier molecular flexibility index (Phi) is 5.87. The minimum Gasteiger partial charge on any atom is -0.378 e. The average Bonchev–Trinajstić information content (AvgIpc) is 3.53. The van der Waals surface area contributed by atoms with Gasteiger partial charge in [0, 0.05) is 55.5 Å². The highest BCUT2D eigenvalue weighted by Gasteiger charge is 2.34. The van der Waals surface area contributed by atoms with Crippen molar-refractivity contribution in [2.45, 2.75) is 5.92 Å². The summed E-state index contributed by atoms with van der Waals surface area (Å²) >= 11 is 0. The van der Waals surface area contributed by atoms with Crippen molar-refractivity contribution in [2.75, 3.05) is 49.6 Å². The molecule has 0 bridgehead atoms. The Morgan fingerprint density at radius 3 is 2.72 bits per heavy atom. The van der Waals surface area contributed by atoms with Crippen molar-refractivity contribution >= 4 is 17.3 Å². The monoisotopic (exact) mass is 435 g/mol. The summed E-state index contributed by atoms with van der Waals surface area (Å²) in [5.74, 6) is -0.652. The number of anilines is 2. The number of ether oxygens (including phenoxy) is 1. The second kappa shape index (κ2) is 9.10. The number of carbonyl (C=O) groups is 1. The Hall–Kier alpha value is -3.23. The molecule has 0 radical (unpaired) electrons. The third-order valence-corrected chi connectivity index (χ3v) is 6.28. The minimum atomic E-state index is -0.400. The van der Waals surface area contributed by atoms with Crippen LogP contribution in [0.15, 0.2) is 54.9 Å². The van der Waals surface area contributed by atoms with Crippen LogP contribution >= 0.6 is 0 Å². The van der Waals surface area contributed by atoms with Crippen LogP contribution < -0.4 is 15.5 Å². The molecule has 2 saturated heterocycles. The van der Waals surface area contributed by atoms with Crippen molar-refractivity contribution in [3.8, 4) is 11.1 Å². The van der Waals surface area contributed by atoms with E-state index < -0.39 is 5.82 Å². The molecule has 0 aliphatic carbocycles. The Morgan fingerprint density at radius 1 is 1.16 bits per heavy atom. The van der Waals surface area contributed by atoms with Gasteiger partial charge in [0.25, 0.3) is 0 Å². The summed E-state index contributed by atoms with van der Waals surface area (Å²) in [5, 5.41) is 13.0. The first-order chi connectivity index (χ1) is 15.7. The number of aromatic amines is 1. The zero-order valence-corrected chi connectivity index (χ0v) is 17.7. The maximum absolute atomic E-state index is 15.1. The molecule has 5 rings (SSSR count). The molecule has 2 aromatic carbocycles. The molecule has 0 unspecified atom stereocenters. The first-order valence-electron chi connectivity index (χ1n) is 10.9. The van der Waals surface area contributed by atoms with Crippen LogP contribution in [0.5, 0.6) is 0 Å². The van der Waals surface area contributed by atoms with Gasteiger partial charge in [-0.25, -0.2) is 4.39 Å². The number of hydrogen-bond acceptors (Lipinski definition) is 5. The van der Waals surface area contributed by atoms with E-state index in [-0.39, 0.29) is 17.7 Å². The van der Waals surface area contributed by atoms with Crippen LogP contribution in [0.4, 0.5) is 15.8 Å². The third-order valence-electron chi connectivity index (χ3n) is 6.28. The highest BCUT2D eigenvalue weighted by molar-refractivity contribution is 5.97. The van der Waals surface area contributed by atoms with Crippen LogP contribution in [0.2, 0.25) is 0 Å². The van der Waals surface area contributed by atoms with Gasteiger partial charge in [0.15, 0.2) is 0 Å². The molecular formula is C24H26FN5O2. The lowest BCUT2D eigenvalue weighted by Gasteiger charge is -2.31. The zero-order valence-electron chi connectivity index (χ0n) is 17.7. The lowest BCUT2D eigenvalue weighted by Crippen LogP contribution is -2.37. The molecule has 0 saturated carbocycles. The molecule has 3 heterocycles. The van der Waals surface area contributed by atoms with Crippen molar-refractivity contribution in [3.63, 3.8) is 0 Å². The first kappa shape index (κ1) is 20.7. The molecule has 2 fully saturated rings. The number of amides is 1. The third kappa shape index (κ3) is 4.11. The zero-order chi connectivity index (χ0) is 21.9. The predicted octanol–water partition coefficient (Wildman–Crippen LogP) is 2.99. The molecule has 2 atom stereocenters. The van der Waals surface area contributed by atoms with Gasteiger partial charge in [-0.05, 0) is 11.6 Å². The first-order valence-corrected chi connectivity index (χ1v) is 10.9. The maximum Gasteiger partial charge on any atom is 0.229 e. The molecule has 1 aromatic heterocycles. The molecule has 1 amide bonds. The molecule has 2 aliphatic rings. The molecule has 3 N–H and O–H groups in total. The molecule has 3 aromatic rings. The van der Waals surface area contributed by atoms with Crippen molar-refractivity contribution in [1.29, 1.82) is 0 Å². The van der Waals surface area contributed by atoms with E-state index in [0.29, 0.717) is 49.7 Å². The van der Waals surface area contributed by atoms with Crippen LogP contribution in [-0.4, -0.2) is 55.5 Å². The van der Waals surface area contributed by atoms with Gasteiger partial charge >= 0.3 is 0 Å². The largest absolute Gasteiger partial charge is 0.378 e. The van der Waals surface area contributed by atoms with E-state index >= 15 is 4.39 Å². The van der Waals surface area contributed by atoms with E-state index in [0.717, 1.165) is 17.8 Å². The summed E-state index contributed by atoms with van der Waals surface area (Å²) in [5.41, 5.74) is 3.52. The molecule has 0 spiro atoms. The van der Waals surface area contributed by atoms with Crippen LogP contribution in [0, 0.1) is 11.7 Å². The van der Waals surface area contributed by atoms with Crippen LogP contribution in [0.3, 0.4) is 0 Å². The normalized spacial score (nSPS) is 21.0. The van der Waals surface area contributed by atoms with Gasteiger partial charge in [0.05, 0.1) is 36.7 Å². The molecular weight excluding hydrogens is 409 g/mol. The smallest absolute Gasteiger partial charge is 0.229 e. The molecule has 32 heavy (non-hydrogen) atoms. The lowest BCUT2D eigenvalue weighted by atomic mass is 9.88. The lowest BCUT2D eigenvalue weighted by molar-refractivity contribution is -0.119. The second-order valence-electron chi connectivity index (χ2n) is 8.21. The van der Waals surface area contributed by atoms with Gasteiger partial charge in [-0.1, -0.05) is 30.3 Å². The number of morpholine rings is 1. The summed E-state index contributed by atoms with van der Waals surface area (Å²) in [6.45, 7) is 3.87. The van der Waals surface area contributed by atoms with E-state index in [2.05, 4.69) is 37.9 Å². The molecule has 7 nitrogen and oxygen atoms in total. The van der Waals surface area contributed by atoms with Gasteiger partial charge in [-0.2, -0.15) is 5.10 Å². The van der Waals surface area contributed by atoms with Crippen LogP contribution in [-0.2, 0) is 9.53 Å². The number of H-pyrrole nitrogens is 1. The summed E-state index contributed by atoms with van der Waals surface area (Å²) in [4.78, 5) is 15.5. The Morgan fingerprint density at radius 2 is 1.97 bits per heavy atom. The van der Waals surface area contributed by atoms with Gasteiger partial charge < -0.3 is 20.3 Å². The quantitative estimate of drug-likeness (QED) is 0.574. The number of nitrogens with zero attached hydrogens (tertiary/aromatic N) is 2. The Balaban J connectivity index is 1.45. The standard InChI is InChI=1S/C24H26FN5O2/c25-21-11-22(29-24(31)20-15-26-14-19(20)16-4-2-1-3-5-16)23(30-6-8-32-9-7-30)10-18(21)17-12-27-28-13-17/h1-5,10-13,19-20,26H,6-9,14-15H2,(H,27,28)(H,29,31)/t19-,20+/m0/s1. The predicted molar refractivity (Wildman–Crippen MR) is 121 cm³/mol. The van der Waals surface area contributed by atoms with Gasteiger partial charge in [0.1, 0.15) is 5.82 Å². The summed E-state index contributed by atoms with van der Waals surface area (Å²) in [6, 6.07) is 13.3. The molecule has 166 valence electrons. The number of aromatic nitrogens is 2. The maximum atomic E-state index is 15.1.